The molecule has 1 atom stereocenters. The van der Waals surface area contributed by atoms with Crippen LogP contribution in [0.2, 0.25) is 0 Å². The van der Waals surface area contributed by atoms with E-state index in [4.69, 9.17) is 0 Å². The summed E-state index contributed by atoms with van der Waals surface area (Å²) in [6.45, 7) is 6.78. The molecule has 0 saturated heterocycles. The molecule has 0 aliphatic carbocycles. The van der Waals surface area contributed by atoms with Crippen molar-refractivity contribution in [2.75, 3.05) is 11.9 Å². The predicted molar refractivity (Wildman–Crippen MR) is 130 cm³/mol. The molecule has 0 spiro atoms. The summed E-state index contributed by atoms with van der Waals surface area (Å²) in [5.74, 6) is -0.232. The van der Waals surface area contributed by atoms with Crippen LogP contribution in [0.5, 0.6) is 0 Å². The molecule has 2 amide bonds. The summed E-state index contributed by atoms with van der Waals surface area (Å²) in [7, 11) is 0. The van der Waals surface area contributed by atoms with Gasteiger partial charge >= 0.3 is 0 Å². The van der Waals surface area contributed by atoms with E-state index >= 15 is 0 Å². The Morgan fingerprint density at radius 2 is 1.91 bits per heavy atom. The Balaban J connectivity index is 1.71. The van der Waals surface area contributed by atoms with Crippen LogP contribution in [-0.2, 0) is 11.3 Å². The fourth-order valence-electron chi connectivity index (χ4n) is 3.18. The van der Waals surface area contributed by atoms with Crippen LogP contribution in [0.15, 0.2) is 60.0 Å². The predicted octanol–water partition coefficient (Wildman–Crippen LogP) is 5.14. The molecule has 7 heteroatoms. The summed E-state index contributed by atoms with van der Waals surface area (Å²) in [4.78, 5) is 31.8. The van der Waals surface area contributed by atoms with Gasteiger partial charge in [-0.25, -0.2) is 4.98 Å². The van der Waals surface area contributed by atoms with Crippen LogP contribution in [0.25, 0.3) is 0 Å². The van der Waals surface area contributed by atoms with E-state index in [1.807, 2.05) is 75.4 Å². The smallest absolute Gasteiger partial charge is 0.273 e. The van der Waals surface area contributed by atoms with E-state index in [0.29, 0.717) is 23.9 Å². The molecule has 1 heterocycles. The Bertz CT molecular complexity index is 1040. The molecule has 32 heavy (non-hydrogen) atoms. The van der Waals surface area contributed by atoms with Crippen LogP contribution in [0, 0.1) is 6.92 Å². The highest BCUT2D eigenvalue weighted by Crippen LogP contribution is 2.23. The normalized spacial score (nSPS) is 11.6. The third kappa shape index (κ3) is 6.92. The van der Waals surface area contributed by atoms with E-state index in [1.165, 1.54) is 11.3 Å². The van der Waals surface area contributed by atoms with Gasteiger partial charge in [0.1, 0.15) is 5.69 Å². The van der Waals surface area contributed by atoms with E-state index in [0.717, 1.165) is 23.2 Å². The minimum Gasteiger partial charge on any atom is -0.354 e. The Morgan fingerprint density at radius 1 is 1.12 bits per heavy atom. The number of carbonyl (C=O) groups is 2. The van der Waals surface area contributed by atoms with Crippen molar-refractivity contribution in [2.24, 2.45) is 0 Å². The van der Waals surface area contributed by atoms with Crippen molar-refractivity contribution in [3.63, 3.8) is 0 Å². The highest BCUT2D eigenvalue weighted by molar-refractivity contribution is 7.14. The number of thiazole rings is 1. The van der Waals surface area contributed by atoms with Gasteiger partial charge in [0.15, 0.2) is 5.13 Å². The molecule has 0 bridgehead atoms. The highest BCUT2D eigenvalue weighted by atomic mass is 32.1. The molecule has 0 unspecified atom stereocenters. The second kappa shape index (κ2) is 11.4. The van der Waals surface area contributed by atoms with Crippen LogP contribution in [0.4, 0.5) is 10.8 Å². The number of benzene rings is 2. The number of amides is 2. The minimum absolute atomic E-state index is 0.0507. The standard InChI is InChI=1S/C25H30N4O2S/c1-4-19(3)26-23(30)13-14-29(16-20-10-6-5-7-11-20)24(31)22-17-32-25(28-22)27-21-12-8-9-18(2)15-21/h5-12,15,17,19H,4,13-14,16H2,1-3H3,(H,26,30)(H,27,28)/t19-/m0/s1. The van der Waals surface area contributed by atoms with Gasteiger partial charge in [0.05, 0.1) is 0 Å². The minimum atomic E-state index is -0.182. The molecule has 0 fully saturated rings. The summed E-state index contributed by atoms with van der Waals surface area (Å²) in [6, 6.07) is 17.9. The van der Waals surface area contributed by atoms with Crippen molar-refractivity contribution in [3.05, 3.63) is 76.8 Å². The lowest BCUT2D eigenvalue weighted by molar-refractivity contribution is -0.121. The molecule has 2 N–H and O–H groups in total. The maximum atomic E-state index is 13.3. The van der Waals surface area contributed by atoms with E-state index in [-0.39, 0.29) is 24.3 Å². The summed E-state index contributed by atoms with van der Waals surface area (Å²) in [5.41, 5.74) is 3.47. The molecule has 0 aliphatic rings. The third-order valence-corrected chi connectivity index (χ3v) is 5.88. The van der Waals surface area contributed by atoms with Gasteiger partial charge in [0.25, 0.3) is 5.91 Å². The zero-order chi connectivity index (χ0) is 22.9. The molecule has 0 aliphatic heterocycles. The first-order valence-electron chi connectivity index (χ1n) is 10.9. The van der Waals surface area contributed by atoms with Gasteiger partial charge in [0.2, 0.25) is 5.91 Å². The average molecular weight is 451 g/mol. The molecular weight excluding hydrogens is 420 g/mol. The monoisotopic (exact) mass is 450 g/mol. The maximum Gasteiger partial charge on any atom is 0.273 e. The van der Waals surface area contributed by atoms with Crippen molar-refractivity contribution in [1.82, 2.24) is 15.2 Å². The lowest BCUT2D eigenvalue weighted by Crippen LogP contribution is -2.37. The van der Waals surface area contributed by atoms with E-state index in [2.05, 4.69) is 15.6 Å². The van der Waals surface area contributed by atoms with Gasteiger partial charge in [-0.2, -0.15) is 0 Å². The Hall–Kier alpha value is -3.19. The number of hydrogen-bond acceptors (Lipinski definition) is 5. The first kappa shape index (κ1) is 23.5. The first-order valence-corrected chi connectivity index (χ1v) is 11.7. The van der Waals surface area contributed by atoms with Crippen LogP contribution in [0.3, 0.4) is 0 Å². The van der Waals surface area contributed by atoms with Crippen LogP contribution >= 0.6 is 11.3 Å². The van der Waals surface area contributed by atoms with Gasteiger partial charge in [-0.05, 0) is 43.5 Å². The number of carbonyl (C=O) groups excluding carboxylic acids is 2. The molecule has 0 radical (unpaired) electrons. The topological polar surface area (TPSA) is 74.3 Å². The third-order valence-electron chi connectivity index (χ3n) is 5.12. The number of nitrogens with zero attached hydrogens (tertiary/aromatic N) is 2. The highest BCUT2D eigenvalue weighted by Gasteiger charge is 2.20. The van der Waals surface area contributed by atoms with Gasteiger partial charge in [-0.1, -0.05) is 49.4 Å². The summed E-state index contributed by atoms with van der Waals surface area (Å²) in [6.07, 6.45) is 1.12. The Kier molecular flexibility index (Phi) is 8.39. The molecule has 6 nitrogen and oxygen atoms in total. The first-order chi connectivity index (χ1) is 15.4. The zero-order valence-electron chi connectivity index (χ0n) is 18.8. The zero-order valence-corrected chi connectivity index (χ0v) is 19.6. The second-order valence-corrected chi connectivity index (χ2v) is 8.73. The summed E-state index contributed by atoms with van der Waals surface area (Å²) < 4.78 is 0. The molecule has 0 saturated carbocycles. The second-order valence-electron chi connectivity index (χ2n) is 7.87. The van der Waals surface area contributed by atoms with Crippen molar-refractivity contribution in [1.29, 1.82) is 0 Å². The average Bonchev–Trinajstić information content (AvgIpc) is 3.25. The van der Waals surface area contributed by atoms with Gasteiger partial charge in [0, 0.05) is 36.6 Å². The lowest BCUT2D eigenvalue weighted by Gasteiger charge is -2.22. The van der Waals surface area contributed by atoms with Crippen LogP contribution < -0.4 is 10.6 Å². The quantitative estimate of drug-likeness (QED) is 0.448. The summed E-state index contributed by atoms with van der Waals surface area (Å²) >= 11 is 1.39. The number of anilines is 2. The van der Waals surface area contributed by atoms with Gasteiger partial charge < -0.3 is 15.5 Å². The van der Waals surface area contributed by atoms with Crippen LogP contribution in [-0.4, -0.2) is 34.3 Å². The number of hydrogen-bond donors (Lipinski definition) is 2. The van der Waals surface area contributed by atoms with Crippen molar-refractivity contribution in [2.45, 2.75) is 46.2 Å². The van der Waals surface area contributed by atoms with Crippen molar-refractivity contribution < 1.29 is 9.59 Å². The molecule has 3 aromatic rings. The van der Waals surface area contributed by atoms with E-state index in [9.17, 15) is 9.59 Å². The molecule has 3 rings (SSSR count). The molecule has 1 aromatic heterocycles. The number of rotatable bonds is 10. The van der Waals surface area contributed by atoms with Crippen molar-refractivity contribution >= 4 is 34.0 Å². The van der Waals surface area contributed by atoms with Gasteiger partial charge in [-0.3, -0.25) is 9.59 Å². The Morgan fingerprint density at radius 3 is 2.62 bits per heavy atom. The van der Waals surface area contributed by atoms with Crippen molar-refractivity contribution in [3.8, 4) is 0 Å². The number of aryl methyl sites for hydroxylation is 1. The van der Waals surface area contributed by atoms with Gasteiger partial charge in [-0.15, -0.1) is 11.3 Å². The largest absolute Gasteiger partial charge is 0.354 e. The van der Waals surface area contributed by atoms with Crippen LogP contribution in [0.1, 0.15) is 48.3 Å². The number of nitrogens with one attached hydrogen (secondary N) is 2. The van der Waals surface area contributed by atoms with E-state index < -0.39 is 0 Å². The molecule has 2 aromatic carbocycles. The number of aromatic nitrogens is 1. The summed E-state index contributed by atoms with van der Waals surface area (Å²) in [5, 5.41) is 8.64. The maximum absolute atomic E-state index is 13.3. The van der Waals surface area contributed by atoms with E-state index in [1.54, 1.807) is 10.3 Å². The Labute approximate surface area is 193 Å². The molecule has 168 valence electrons. The fourth-order valence-corrected chi connectivity index (χ4v) is 3.88. The molecular formula is C25H30N4O2S. The fraction of sp³-hybridized carbons (Fsp3) is 0.320. The SMILES string of the molecule is CC[C@H](C)NC(=O)CCN(Cc1ccccc1)C(=O)c1csc(Nc2cccc(C)c2)n1. The lowest BCUT2D eigenvalue weighted by atomic mass is 10.2.